The largest absolute Gasteiger partial charge is 0.345 e. The Bertz CT molecular complexity index is 1360. The average Bonchev–Trinajstić information content (AvgIpc) is 3.29. The maximum absolute atomic E-state index is 13.9. The van der Waals surface area contributed by atoms with Gasteiger partial charge in [0.15, 0.2) is 0 Å². The van der Waals surface area contributed by atoms with Gasteiger partial charge in [-0.1, -0.05) is 73.3 Å². The molecule has 0 atom stereocenters. The first kappa shape index (κ1) is 25.0. The molecule has 0 bridgehead atoms. The molecule has 1 aliphatic carbocycles. The van der Waals surface area contributed by atoms with Crippen LogP contribution in [0.1, 0.15) is 53.8 Å². The van der Waals surface area contributed by atoms with Crippen LogP contribution in [0.4, 0.5) is 0 Å². The van der Waals surface area contributed by atoms with Crippen LogP contribution < -0.4 is 5.32 Å². The van der Waals surface area contributed by atoms with Crippen LogP contribution in [0.3, 0.4) is 0 Å². The lowest BCUT2D eigenvalue weighted by Gasteiger charge is -2.35. The second kappa shape index (κ2) is 11.6. The van der Waals surface area contributed by atoms with Crippen molar-refractivity contribution in [2.45, 2.75) is 57.8 Å². The van der Waals surface area contributed by atoms with Gasteiger partial charge in [-0.3, -0.25) is 9.59 Å². The first-order valence-corrected chi connectivity index (χ1v) is 13.3. The predicted molar refractivity (Wildman–Crippen MR) is 146 cm³/mol. The number of halogens is 1. The monoisotopic (exact) mass is 514 g/mol. The molecule has 2 amide bonds. The topological polar surface area (TPSA) is 67.2 Å². The molecule has 5 rings (SSSR count). The Hall–Kier alpha value is -3.64. The van der Waals surface area contributed by atoms with Crippen LogP contribution in [0.5, 0.6) is 0 Å². The van der Waals surface area contributed by atoms with Crippen molar-refractivity contribution in [2.24, 2.45) is 0 Å². The van der Waals surface area contributed by atoms with Gasteiger partial charge in [-0.15, -0.1) is 0 Å². The fraction of sp³-hybridized carbons (Fsp3) is 0.300. The fourth-order valence-corrected chi connectivity index (χ4v) is 5.25. The Balaban J connectivity index is 1.39. The van der Waals surface area contributed by atoms with Gasteiger partial charge >= 0.3 is 0 Å². The molecule has 0 unspecified atom stereocenters. The van der Waals surface area contributed by atoms with Crippen molar-refractivity contribution in [1.82, 2.24) is 19.8 Å². The van der Waals surface area contributed by atoms with Crippen molar-refractivity contribution in [1.29, 1.82) is 0 Å². The maximum atomic E-state index is 13.9. The second-order valence-corrected chi connectivity index (χ2v) is 10.0. The molecule has 1 heterocycles. The van der Waals surface area contributed by atoms with E-state index in [1.54, 1.807) is 24.3 Å². The number of nitrogens with zero attached hydrogens (tertiary/aromatic N) is 3. The third-order valence-electron chi connectivity index (χ3n) is 7.07. The number of hydrogen-bond acceptors (Lipinski definition) is 3. The number of fused-ring (bicyclic) bond motifs is 1. The zero-order chi connectivity index (χ0) is 25.6. The highest BCUT2D eigenvalue weighted by Crippen LogP contribution is 2.25. The van der Waals surface area contributed by atoms with Gasteiger partial charge < -0.3 is 14.8 Å². The van der Waals surface area contributed by atoms with E-state index in [1.165, 1.54) is 6.42 Å². The smallest absolute Gasteiger partial charge is 0.251 e. The Morgan fingerprint density at radius 1 is 0.919 bits per heavy atom. The van der Waals surface area contributed by atoms with E-state index in [0.29, 0.717) is 23.0 Å². The molecule has 1 fully saturated rings. The van der Waals surface area contributed by atoms with E-state index in [1.807, 2.05) is 47.0 Å². The highest BCUT2D eigenvalue weighted by Gasteiger charge is 2.27. The molecule has 6 nitrogen and oxygen atoms in total. The van der Waals surface area contributed by atoms with Crippen LogP contribution in [0.25, 0.3) is 11.0 Å². The van der Waals surface area contributed by atoms with Crippen LogP contribution in [0.15, 0.2) is 78.9 Å². The normalized spacial score (nSPS) is 14.0. The third-order valence-corrected chi connectivity index (χ3v) is 7.32. The summed E-state index contributed by atoms with van der Waals surface area (Å²) in [6, 6.07) is 25.0. The van der Waals surface area contributed by atoms with Crippen molar-refractivity contribution in [3.63, 3.8) is 0 Å². The Morgan fingerprint density at radius 3 is 2.38 bits per heavy atom. The van der Waals surface area contributed by atoms with E-state index in [4.69, 9.17) is 16.6 Å². The van der Waals surface area contributed by atoms with Crippen molar-refractivity contribution in [3.8, 4) is 0 Å². The van der Waals surface area contributed by atoms with Gasteiger partial charge in [-0.25, -0.2) is 4.98 Å². The van der Waals surface area contributed by atoms with E-state index in [9.17, 15) is 9.59 Å². The molecule has 1 saturated carbocycles. The number of nitrogens with one attached hydrogen (secondary N) is 1. The summed E-state index contributed by atoms with van der Waals surface area (Å²) in [5, 5.41) is 3.53. The van der Waals surface area contributed by atoms with Crippen LogP contribution in [-0.2, 0) is 24.4 Å². The van der Waals surface area contributed by atoms with Crippen LogP contribution in [0.2, 0.25) is 5.02 Å². The van der Waals surface area contributed by atoms with E-state index >= 15 is 0 Å². The number of aromatic nitrogens is 2. The molecule has 4 aromatic rings. The van der Waals surface area contributed by atoms with Gasteiger partial charge in [0.2, 0.25) is 5.91 Å². The zero-order valence-corrected chi connectivity index (χ0v) is 21.5. The van der Waals surface area contributed by atoms with Crippen LogP contribution in [-0.4, -0.2) is 32.3 Å². The minimum atomic E-state index is -0.213. The molecular formula is C30H31ClN4O2. The lowest BCUT2D eigenvalue weighted by atomic mass is 9.93. The number of imidazole rings is 1. The highest BCUT2D eigenvalue weighted by molar-refractivity contribution is 6.30. The number of carbonyl (C=O) groups is 2. The molecule has 7 heteroatoms. The molecule has 1 aliphatic rings. The van der Waals surface area contributed by atoms with E-state index in [-0.39, 0.29) is 30.9 Å². The molecule has 0 aliphatic heterocycles. The minimum absolute atomic E-state index is 0.0733. The fourth-order valence-electron chi connectivity index (χ4n) is 5.12. The van der Waals surface area contributed by atoms with E-state index in [0.717, 1.165) is 42.3 Å². The average molecular weight is 515 g/mol. The van der Waals surface area contributed by atoms with Crippen molar-refractivity contribution < 1.29 is 9.59 Å². The Morgan fingerprint density at radius 2 is 1.62 bits per heavy atom. The summed E-state index contributed by atoms with van der Waals surface area (Å²) in [5.74, 6) is 0.513. The summed E-state index contributed by atoms with van der Waals surface area (Å²) >= 11 is 5.96. The van der Waals surface area contributed by atoms with Gasteiger partial charge in [-0.2, -0.15) is 0 Å². The van der Waals surface area contributed by atoms with Crippen molar-refractivity contribution in [2.75, 3.05) is 0 Å². The first-order valence-electron chi connectivity index (χ1n) is 12.9. The van der Waals surface area contributed by atoms with E-state index in [2.05, 4.69) is 22.3 Å². The maximum Gasteiger partial charge on any atom is 0.251 e. The minimum Gasteiger partial charge on any atom is -0.345 e. The molecule has 190 valence electrons. The number of hydrogen-bond donors (Lipinski definition) is 1. The third kappa shape index (κ3) is 6.03. The lowest BCUT2D eigenvalue weighted by Crippen LogP contribution is -2.42. The van der Waals surface area contributed by atoms with E-state index < -0.39 is 0 Å². The Kier molecular flexibility index (Phi) is 7.85. The quantitative estimate of drug-likeness (QED) is 0.314. The molecule has 37 heavy (non-hydrogen) atoms. The second-order valence-electron chi connectivity index (χ2n) is 9.59. The highest BCUT2D eigenvalue weighted by atomic mass is 35.5. The summed E-state index contributed by atoms with van der Waals surface area (Å²) in [6.07, 6.45) is 5.60. The standard InChI is InChI=1S/C30H31ClN4O2/c31-24-17-15-23(16-18-24)30(37)32-19-28-33-26-13-7-8-14-27(26)35(28)21-29(36)34(25-11-5-2-6-12-25)20-22-9-3-1-4-10-22/h1,3-4,7-10,13-18,25H,2,5-6,11-12,19-21H2,(H,32,37). The summed E-state index contributed by atoms with van der Waals surface area (Å²) in [4.78, 5) is 33.4. The number of benzene rings is 3. The molecule has 1 N–H and O–H groups in total. The van der Waals surface area contributed by atoms with Gasteiger partial charge in [0.25, 0.3) is 5.91 Å². The van der Waals surface area contributed by atoms with Gasteiger partial charge in [0.05, 0.1) is 17.6 Å². The lowest BCUT2D eigenvalue weighted by molar-refractivity contribution is -0.135. The van der Waals surface area contributed by atoms with Crippen molar-refractivity contribution >= 4 is 34.4 Å². The number of para-hydroxylation sites is 2. The molecule has 0 radical (unpaired) electrons. The van der Waals surface area contributed by atoms with Gasteiger partial charge in [0.1, 0.15) is 12.4 Å². The summed E-state index contributed by atoms with van der Waals surface area (Å²) in [7, 11) is 0. The van der Waals surface area contributed by atoms with Crippen LogP contribution in [0, 0.1) is 0 Å². The van der Waals surface area contributed by atoms with Gasteiger partial charge in [-0.05, 0) is 54.8 Å². The number of amides is 2. The van der Waals surface area contributed by atoms with Gasteiger partial charge in [0, 0.05) is 23.2 Å². The summed E-state index contributed by atoms with van der Waals surface area (Å²) in [6.45, 7) is 0.987. The zero-order valence-electron chi connectivity index (χ0n) is 20.8. The predicted octanol–water partition coefficient (Wildman–Crippen LogP) is 5.98. The molecule has 0 saturated heterocycles. The SMILES string of the molecule is O=C(NCc1nc2ccccc2n1CC(=O)N(Cc1ccccc1)C1CCCCC1)c1ccc(Cl)cc1. The van der Waals surface area contributed by atoms with Crippen LogP contribution >= 0.6 is 11.6 Å². The summed E-state index contributed by atoms with van der Waals surface area (Å²) in [5.41, 5.74) is 3.34. The molecule has 1 aromatic heterocycles. The summed E-state index contributed by atoms with van der Waals surface area (Å²) < 4.78 is 1.95. The molecule has 3 aromatic carbocycles. The molecular weight excluding hydrogens is 484 g/mol. The van der Waals surface area contributed by atoms with Crippen molar-refractivity contribution in [3.05, 3.63) is 101 Å². The number of carbonyl (C=O) groups excluding carboxylic acids is 2. The Labute approximate surface area is 222 Å². The first-order chi connectivity index (χ1) is 18.1. The number of rotatable bonds is 8. The molecule has 0 spiro atoms.